The number of rotatable bonds is 2. The molecule has 0 aliphatic heterocycles. The maximum atomic E-state index is 7.53. The van der Waals surface area contributed by atoms with Crippen molar-refractivity contribution < 1.29 is 30.0 Å². The molecular weight excluding hydrogens is 514 g/mol. The van der Waals surface area contributed by atoms with Crippen LogP contribution in [0.15, 0.2) is 85.1 Å². The first-order chi connectivity index (χ1) is 12.6. The summed E-state index contributed by atoms with van der Waals surface area (Å²) in [5, 5.41) is 9.89. The molecule has 0 unspecified atom stereocenters. The van der Waals surface area contributed by atoms with Crippen molar-refractivity contribution in [2.24, 2.45) is 0 Å². The number of benzene rings is 3. The van der Waals surface area contributed by atoms with Crippen LogP contribution < -0.4 is 0 Å². The molecule has 0 aliphatic rings. The minimum Gasteiger partial charge on any atom is -0.339 e. The Balaban J connectivity index is 0.000000479. The smallest absolute Gasteiger partial charge is 0.339 e. The van der Waals surface area contributed by atoms with Crippen molar-refractivity contribution in [2.75, 3.05) is 0 Å². The van der Waals surface area contributed by atoms with Crippen molar-refractivity contribution in [3.8, 4) is 22.4 Å². The summed E-state index contributed by atoms with van der Waals surface area (Å²) in [6.45, 7) is 1.19. The molecule has 0 bridgehead atoms. The van der Waals surface area contributed by atoms with Gasteiger partial charge in [0.05, 0.1) is 6.92 Å². The van der Waals surface area contributed by atoms with E-state index >= 15 is 0 Å². The molecule has 3 aromatic carbocycles. The van der Waals surface area contributed by atoms with E-state index in [-0.39, 0.29) is 20.1 Å². The van der Waals surface area contributed by atoms with Gasteiger partial charge in [0.15, 0.2) is 0 Å². The summed E-state index contributed by atoms with van der Waals surface area (Å²) < 4.78 is 0. The van der Waals surface area contributed by atoms with E-state index < -0.39 is 5.97 Å². The van der Waals surface area contributed by atoms with E-state index in [0.717, 1.165) is 16.6 Å². The molecule has 3 nitrogen and oxygen atoms in total. The van der Waals surface area contributed by atoms with Gasteiger partial charge >= 0.3 is 5.97 Å². The molecule has 0 aliphatic carbocycles. The fourth-order valence-electron chi connectivity index (χ4n) is 2.72. The average molecular weight is 534 g/mol. The Hall–Kier alpha value is -2.81. The number of carboxylic acids is 1. The number of aliphatic carboxylic acids is 1. The van der Waals surface area contributed by atoms with Crippen molar-refractivity contribution in [3.05, 3.63) is 91.1 Å². The van der Waals surface area contributed by atoms with Gasteiger partial charge in [-0.1, -0.05) is 65.7 Å². The molecule has 0 saturated heterocycles. The molecule has 0 fully saturated rings. The zero-order chi connectivity index (χ0) is 18.4. The Bertz CT molecular complexity index is 1010. The van der Waals surface area contributed by atoms with Crippen LogP contribution in [0.2, 0.25) is 0 Å². The van der Waals surface area contributed by atoms with E-state index in [2.05, 4.69) is 59.6 Å². The Morgan fingerprint density at radius 3 is 2.22 bits per heavy atom. The summed E-state index contributed by atoms with van der Waals surface area (Å²) in [5.41, 5.74) is 4.38. The summed E-state index contributed by atoms with van der Waals surface area (Å²) in [4.78, 5) is 12.1. The molecule has 4 aromatic rings. The molecular formula is C23H19IrNO2. The molecule has 2 N–H and O–H groups in total. The number of aromatic nitrogens is 1. The second-order valence-corrected chi connectivity index (χ2v) is 5.78. The number of fused-ring (bicyclic) bond motifs is 1. The summed E-state index contributed by atoms with van der Waals surface area (Å²) >= 11 is 0. The number of hydrogen-bond donors (Lipinski definition) is 1. The molecule has 4 rings (SSSR count). The summed E-state index contributed by atoms with van der Waals surface area (Å²) in [6, 6.07) is 30.3. The fraction of sp³-hybridized carbons (Fsp3) is 0.0435. The third-order valence-corrected chi connectivity index (χ3v) is 3.85. The molecule has 27 heavy (non-hydrogen) atoms. The fourth-order valence-corrected chi connectivity index (χ4v) is 2.72. The van der Waals surface area contributed by atoms with Gasteiger partial charge in [-0.05, 0) is 22.5 Å². The van der Waals surface area contributed by atoms with Crippen LogP contribution in [0.4, 0.5) is 0 Å². The van der Waals surface area contributed by atoms with Gasteiger partial charge in [-0.2, -0.15) is 0 Å². The Labute approximate surface area is 172 Å². The molecule has 0 atom stereocenters. The van der Waals surface area contributed by atoms with Crippen LogP contribution in [0.1, 0.15) is 6.92 Å². The molecule has 1 aromatic heterocycles. The van der Waals surface area contributed by atoms with Gasteiger partial charge in [0.2, 0.25) is 0 Å². The largest absolute Gasteiger partial charge is 0.477 e. The van der Waals surface area contributed by atoms with Crippen LogP contribution in [0.25, 0.3) is 33.2 Å². The molecule has 1 heterocycles. The van der Waals surface area contributed by atoms with Crippen molar-refractivity contribution in [1.29, 1.82) is 0 Å². The van der Waals surface area contributed by atoms with Crippen LogP contribution in [0.3, 0.4) is 0 Å². The van der Waals surface area contributed by atoms with E-state index in [0.29, 0.717) is 0 Å². The maximum Gasteiger partial charge on any atom is 0.477 e. The third-order valence-electron chi connectivity index (χ3n) is 3.85. The van der Waals surface area contributed by atoms with E-state index in [1.807, 2.05) is 36.5 Å². The van der Waals surface area contributed by atoms with Gasteiger partial charge in [-0.25, -0.2) is 0 Å². The van der Waals surface area contributed by atoms with E-state index in [4.69, 9.17) is 9.90 Å². The van der Waals surface area contributed by atoms with Gasteiger partial charge < -0.3 is 14.9 Å². The summed E-state index contributed by atoms with van der Waals surface area (Å²) in [6.07, 6.45) is 1.86. The number of hydrogen-bond acceptors (Lipinski definition) is 1. The summed E-state index contributed by atoms with van der Waals surface area (Å²) in [7, 11) is 0. The zero-order valence-electron chi connectivity index (χ0n) is 14.8. The predicted molar refractivity (Wildman–Crippen MR) is 107 cm³/mol. The van der Waals surface area contributed by atoms with Crippen molar-refractivity contribution in [3.63, 3.8) is 0 Å². The quantitative estimate of drug-likeness (QED) is 0.276. The van der Waals surface area contributed by atoms with E-state index in [9.17, 15) is 0 Å². The maximum absolute atomic E-state index is 7.53. The van der Waals surface area contributed by atoms with Gasteiger partial charge in [0.25, 0.3) is 0 Å². The topological polar surface area (TPSA) is 54.5 Å². The van der Waals surface area contributed by atoms with Gasteiger partial charge in [0, 0.05) is 26.3 Å². The Kier molecular flexibility index (Phi) is 7.42. The molecule has 1 radical (unpaired) electrons. The second kappa shape index (κ2) is 9.77. The summed E-state index contributed by atoms with van der Waals surface area (Å²) in [5.74, 6) is -0.583. The molecule has 137 valence electrons. The Morgan fingerprint density at radius 2 is 1.56 bits per heavy atom. The molecule has 0 saturated carbocycles. The first-order valence-electron chi connectivity index (χ1n) is 8.28. The van der Waals surface area contributed by atoms with Crippen molar-refractivity contribution in [1.82, 2.24) is 4.98 Å². The zero-order valence-corrected chi connectivity index (χ0v) is 17.2. The first-order valence-corrected chi connectivity index (χ1v) is 8.28. The van der Waals surface area contributed by atoms with Crippen LogP contribution >= 0.6 is 0 Å². The second-order valence-electron chi connectivity index (χ2n) is 5.78. The Morgan fingerprint density at radius 1 is 0.889 bits per heavy atom. The minimum atomic E-state index is -0.583. The molecule has 4 heteroatoms. The monoisotopic (exact) mass is 534 g/mol. The molecule has 0 amide bonds. The first kappa shape index (κ1) is 20.5. The van der Waals surface area contributed by atoms with Crippen LogP contribution in [-0.2, 0) is 20.1 Å². The van der Waals surface area contributed by atoms with E-state index in [1.54, 1.807) is 0 Å². The van der Waals surface area contributed by atoms with Crippen LogP contribution in [0.5, 0.6) is 0 Å². The average Bonchev–Trinajstić information content (AvgIpc) is 2.68. The number of nitrogens with zero attached hydrogens (tertiary/aromatic N) is 1. The standard InChI is InChI=1S/C21H14N.C2H4O2.Ir/c1-2-6-16(7-3-1)17-10-12-19(13-11-17)21-20-9-5-4-8-18(20)14-15-22-21;1-2(3)4;/h1-12,14-15H;1H3,(H,3,4);/q-1;;/p+1. The number of aliphatic hydroxyl groups excluding tert-OH is 1. The number of carboxylic acid groups (broad SMARTS) is 1. The minimum absolute atomic E-state index is 0. The van der Waals surface area contributed by atoms with Gasteiger partial charge in [-0.3, -0.25) is 0 Å². The van der Waals surface area contributed by atoms with E-state index in [1.165, 1.54) is 23.4 Å². The van der Waals surface area contributed by atoms with Crippen LogP contribution in [0, 0.1) is 6.07 Å². The number of pyridine rings is 1. The van der Waals surface area contributed by atoms with Crippen LogP contribution in [-0.4, -0.2) is 20.9 Å². The molecule has 0 spiro atoms. The van der Waals surface area contributed by atoms with Gasteiger partial charge in [0.1, 0.15) is 0 Å². The van der Waals surface area contributed by atoms with Gasteiger partial charge in [-0.15, -0.1) is 29.8 Å². The normalized spacial score (nSPS) is 9.67. The van der Waals surface area contributed by atoms with Crippen molar-refractivity contribution >= 4 is 16.7 Å². The van der Waals surface area contributed by atoms with Crippen molar-refractivity contribution in [2.45, 2.75) is 6.92 Å². The third kappa shape index (κ3) is 5.33. The SMILES string of the molecule is CC(O)=[OH+].[Ir].[c-]1cc(-c2ccccc2)ccc1-c1nccc2ccccc12. The predicted octanol–water partition coefficient (Wildman–Crippen LogP) is 5.43.